The normalized spacial score (nSPS) is 19.9. The topological polar surface area (TPSA) is 62.6 Å². The van der Waals surface area contributed by atoms with Crippen molar-refractivity contribution < 1.29 is 18.0 Å². The highest BCUT2D eigenvalue weighted by molar-refractivity contribution is 5.82. The average molecular weight is 472 g/mol. The van der Waals surface area contributed by atoms with E-state index in [1.165, 1.54) is 12.1 Å². The summed E-state index contributed by atoms with van der Waals surface area (Å²) in [6, 6.07) is 13.2. The third-order valence-corrected chi connectivity index (χ3v) is 6.60. The van der Waals surface area contributed by atoms with E-state index in [0.29, 0.717) is 43.9 Å². The number of likely N-dealkylation sites (N-methyl/N-ethyl adjacent to an activating group) is 1. The van der Waals surface area contributed by atoms with Crippen molar-refractivity contribution in [1.82, 2.24) is 10.2 Å². The van der Waals surface area contributed by atoms with Gasteiger partial charge in [0.15, 0.2) is 0 Å². The van der Waals surface area contributed by atoms with Crippen LogP contribution in [0.3, 0.4) is 0 Å². The maximum Gasteiger partial charge on any atom is 0.416 e. The number of benzene rings is 2. The van der Waals surface area contributed by atoms with Gasteiger partial charge < -0.3 is 20.0 Å². The highest BCUT2D eigenvalue weighted by Gasteiger charge is 2.43. The van der Waals surface area contributed by atoms with Crippen molar-refractivity contribution in [3.05, 3.63) is 59.2 Å². The molecule has 2 aliphatic heterocycles. The van der Waals surface area contributed by atoms with Crippen molar-refractivity contribution in [3.8, 4) is 6.07 Å². The number of alkyl halides is 3. The number of carbonyl (C=O) groups is 1. The summed E-state index contributed by atoms with van der Waals surface area (Å²) in [6.07, 6.45) is -4.20. The van der Waals surface area contributed by atoms with E-state index in [1.54, 1.807) is 6.07 Å². The number of hydrogen-bond donors (Lipinski definition) is 1. The van der Waals surface area contributed by atoms with Crippen LogP contribution >= 0.6 is 0 Å². The fourth-order valence-corrected chi connectivity index (χ4v) is 4.90. The highest BCUT2D eigenvalue weighted by atomic mass is 19.4. The van der Waals surface area contributed by atoms with Crippen LogP contribution in [0.1, 0.15) is 16.7 Å². The van der Waals surface area contributed by atoms with Crippen molar-refractivity contribution in [2.75, 3.05) is 56.6 Å². The molecule has 0 radical (unpaired) electrons. The molecule has 1 saturated heterocycles. The van der Waals surface area contributed by atoms with Crippen LogP contribution in [0.25, 0.3) is 0 Å². The lowest BCUT2D eigenvalue weighted by Gasteiger charge is -2.50. The molecule has 4 rings (SSSR count). The minimum absolute atomic E-state index is 0.157. The van der Waals surface area contributed by atoms with Crippen LogP contribution in [0.4, 0.5) is 24.5 Å². The predicted octanol–water partition coefficient (Wildman–Crippen LogP) is 3.12. The molecule has 1 amide bonds. The Balaban J connectivity index is 1.66. The summed E-state index contributed by atoms with van der Waals surface area (Å²) in [5.41, 5.74) is 1.98. The van der Waals surface area contributed by atoms with Crippen LogP contribution in [-0.2, 0) is 17.4 Å². The van der Waals surface area contributed by atoms with Gasteiger partial charge >= 0.3 is 6.18 Å². The smallest absolute Gasteiger partial charge is 0.367 e. The second kappa shape index (κ2) is 9.55. The molecular formula is C25H28F3N5O. The number of anilines is 2. The van der Waals surface area contributed by atoms with Crippen molar-refractivity contribution in [2.45, 2.75) is 18.6 Å². The number of carbonyl (C=O) groups excluding carboxylic acids is 1. The zero-order chi connectivity index (χ0) is 24.5. The number of hydrogen-bond acceptors (Lipinski definition) is 5. The molecule has 6 nitrogen and oxygen atoms in total. The molecule has 2 heterocycles. The van der Waals surface area contributed by atoms with Gasteiger partial charge in [-0.2, -0.15) is 18.4 Å². The molecule has 9 heteroatoms. The van der Waals surface area contributed by atoms with E-state index in [9.17, 15) is 23.2 Å². The molecule has 2 aromatic rings. The molecule has 1 fully saturated rings. The summed E-state index contributed by atoms with van der Waals surface area (Å²) in [4.78, 5) is 19.4. The van der Waals surface area contributed by atoms with E-state index in [2.05, 4.69) is 21.2 Å². The molecule has 180 valence electrons. The van der Waals surface area contributed by atoms with Gasteiger partial charge in [0.05, 0.1) is 28.8 Å². The van der Waals surface area contributed by atoms with Gasteiger partial charge in [-0.1, -0.05) is 12.1 Å². The first-order valence-corrected chi connectivity index (χ1v) is 11.3. The Morgan fingerprint density at radius 1 is 1.18 bits per heavy atom. The van der Waals surface area contributed by atoms with Gasteiger partial charge in [-0.25, -0.2) is 0 Å². The maximum absolute atomic E-state index is 13.4. The summed E-state index contributed by atoms with van der Waals surface area (Å²) in [6.45, 7) is 2.79. The summed E-state index contributed by atoms with van der Waals surface area (Å²) < 4.78 is 40.1. The molecule has 2 aromatic carbocycles. The number of rotatable bonds is 5. The molecule has 0 spiro atoms. The van der Waals surface area contributed by atoms with E-state index < -0.39 is 17.7 Å². The fraction of sp³-hybridized carbons (Fsp3) is 0.440. The molecule has 1 N–H and O–H groups in total. The van der Waals surface area contributed by atoms with Gasteiger partial charge in [-0.15, -0.1) is 0 Å². The largest absolute Gasteiger partial charge is 0.416 e. The Morgan fingerprint density at radius 3 is 2.65 bits per heavy atom. The standard InChI is InChI=1S/C25H28F3N5O/c1-31(2)10-9-30-24(34)20-14-18-13-19(25(26,27)28)7-8-22(18)33-12-11-32(16-23(20)33)21-6-4-3-5-17(21)15-29/h3-8,13,20,23H,9-12,14,16H2,1-2H3,(H,30,34)/t20-,23-/m1/s1. The summed E-state index contributed by atoms with van der Waals surface area (Å²) in [5, 5.41) is 12.5. The van der Waals surface area contributed by atoms with Crippen LogP contribution in [0.5, 0.6) is 0 Å². The Labute approximate surface area is 197 Å². The fourth-order valence-electron chi connectivity index (χ4n) is 4.90. The Morgan fingerprint density at radius 2 is 1.94 bits per heavy atom. The van der Waals surface area contributed by atoms with E-state index in [4.69, 9.17) is 0 Å². The second-order valence-electron chi connectivity index (χ2n) is 9.08. The van der Waals surface area contributed by atoms with Crippen molar-refractivity contribution in [3.63, 3.8) is 0 Å². The van der Waals surface area contributed by atoms with Crippen LogP contribution < -0.4 is 15.1 Å². The zero-order valence-electron chi connectivity index (χ0n) is 19.3. The van der Waals surface area contributed by atoms with Gasteiger partial charge in [0, 0.05) is 38.4 Å². The average Bonchev–Trinajstić information content (AvgIpc) is 2.81. The van der Waals surface area contributed by atoms with Gasteiger partial charge in [0.25, 0.3) is 0 Å². The van der Waals surface area contributed by atoms with E-state index in [0.717, 1.165) is 17.4 Å². The number of piperazine rings is 1. The minimum atomic E-state index is -4.44. The van der Waals surface area contributed by atoms with Crippen LogP contribution in [0.2, 0.25) is 0 Å². The third-order valence-electron chi connectivity index (χ3n) is 6.60. The van der Waals surface area contributed by atoms with Crippen LogP contribution in [0, 0.1) is 17.2 Å². The van der Waals surface area contributed by atoms with Gasteiger partial charge in [0.1, 0.15) is 6.07 Å². The monoisotopic (exact) mass is 471 g/mol. The Hall–Kier alpha value is -3.25. The van der Waals surface area contributed by atoms with E-state index in [1.807, 2.05) is 37.2 Å². The quantitative estimate of drug-likeness (QED) is 0.726. The third kappa shape index (κ3) is 4.82. The Kier molecular flexibility index (Phi) is 6.71. The summed E-state index contributed by atoms with van der Waals surface area (Å²) >= 11 is 0. The zero-order valence-corrected chi connectivity index (χ0v) is 19.3. The van der Waals surface area contributed by atoms with Crippen molar-refractivity contribution >= 4 is 17.3 Å². The lowest BCUT2D eigenvalue weighted by molar-refractivity contribution is -0.137. The molecule has 0 aliphatic carbocycles. The molecule has 34 heavy (non-hydrogen) atoms. The molecule has 2 atom stereocenters. The van der Waals surface area contributed by atoms with Gasteiger partial charge in [-0.3, -0.25) is 4.79 Å². The molecule has 0 bridgehead atoms. The SMILES string of the molecule is CN(C)CCNC(=O)[C@@H]1Cc2cc(C(F)(F)F)ccc2N2CCN(c3ccccc3C#N)C[C@H]12. The highest BCUT2D eigenvalue weighted by Crippen LogP contribution is 2.40. The summed E-state index contributed by atoms with van der Waals surface area (Å²) in [5.74, 6) is -0.662. The molecule has 0 unspecified atom stereocenters. The number of nitriles is 1. The Bertz CT molecular complexity index is 1090. The number of halogens is 3. The molecule has 0 saturated carbocycles. The van der Waals surface area contributed by atoms with Gasteiger partial charge in [-0.05, 0) is 56.4 Å². The number of nitrogens with one attached hydrogen (secondary N) is 1. The van der Waals surface area contributed by atoms with Crippen molar-refractivity contribution in [1.29, 1.82) is 5.26 Å². The first-order valence-electron chi connectivity index (χ1n) is 11.3. The predicted molar refractivity (Wildman–Crippen MR) is 125 cm³/mol. The molecule has 0 aromatic heterocycles. The summed E-state index contributed by atoms with van der Waals surface area (Å²) in [7, 11) is 3.82. The minimum Gasteiger partial charge on any atom is -0.367 e. The van der Waals surface area contributed by atoms with Crippen molar-refractivity contribution in [2.24, 2.45) is 5.92 Å². The number of para-hydroxylation sites is 1. The molecular weight excluding hydrogens is 443 g/mol. The van der Waals surface area contributed by atoms with Gasteiger partial charge in [0.2, 0.25) is 5.91 Å². The first-order chi connectivity index (χ1) is 16.2. The number of amides is 1. The number of fused-ring (bicyclic) bond motifs is 3. The first kappa shape index (κ1) is 23.9. The van der Waals surface area contributed by atoms with Crippen LogP contribution in [0.15, 0.2) is 42.5 Å². The van der Waals surface area contributed by atoms with E-state index in [-0.39, 0.29) is 18.4 Å². The number of nitrogens with zero attached hydrogens (tertiary/aromatic N) is 4. The second-order valence-corrected chi connectivity index (χ2v) is 9.08. The lowest BCUT2D eigenvalue weighted by atomic mass is 9.82. The molecule has 2 aliphatic rings. The maximum atomic E-state index is 13.4. The van der Waals surface area contributed by atoms with E-state index >= 15 is 0 Å². The lowest BCUT2D eigenvalue weighted by Crippen LogP contribution is -2.61. The van der Waals surface area contributed by atoms with Crippen LogP contribution in [-0.4, -0.2) is 63.7 Å².